The number of hydrogen-bond donors (Lipinski definition) is 2. The first kappa shape index (κ1) is 25.2. The molecule has 35 heavy (non-hydrogen) atoms. The van der Waals surface area contributed by atoms with Gasteiger partial charge >= 0.3 is 5.97 Å². The van der Waals surface area contributed by atoms with Crippen LogP contribution in [0.1, 0.15) is 18.4 Å². The summed E-state index contributed by atoms with van der Waals surface area (Å²) in [6, 6.07) is 4.17. The monoisotopic (exact) mass is 512 g/mol. The summed E-state index contributed by atoms with van der Waals surface area (Å²) >= 11 is 0. The van der Waals surface area contributed by atoms with E-state index in [1.807, 2.05) is 0 Å². The topological polar surface area (TPSA) is 101 Å². The second-order valence-corrected chi connectivity index (χ2v) is 8.55. The van der Waals surface area contributed by atoms with Crippen molar-refractivity contribution in [1.82, 2.24) is 4.98 Å². The number of fused-ring (bicyclic) bond motifs is 1. The van der Waals surface area contributed by atoms with Crippen LogP contribution in [0.4, 0.5) is 30.5 Å². The van der Waals surface area contributed by atoms with Crippen LogP contribution in [-0.2, 0) is 14.3 Å². The average Bonchev–Trinajstić information content (AvgIpc) is 3.21. The number of ether oxygens (including phenoxy) is 2. The van der Waals surface area contributed by atoms with Crippen LogP contribution in [0.3, 0.4) is 0 Å². The molecule has 5 rings (SSSR count). The molecule has 1 unspecified atom stereocenters. The summed E-state index contributed by atoms with van der Waals surface area (Å²) < 4.78 is 55.0. The zero-order chi connectivity index (χ0) is 24.0. The van der Waals surface area contributed by atoms with Crippen LogP contribution in [0.2, 0.25) is 0 Å². The first-order valence-electron chi connectivity index (χ1n) is 10.9. The van der Waals surface area contributed by atoms with E-state index < -0.39 is 29.2 Å². The SMILES string of the molecule is Cl.NCC1COC2(CCN(c3nc4c(cc3F)C=C(C(=O)O)CN4c3ccc(F)cc3F)CC2)O1. The van der Waals surface area contributed by atoms with Crippen LogP contribution < -0.4 is 15.5 Å². The summed E-state index contributed by atoms with van der Waals surface area (Å²) in [6.45, 7) is 1.36. The van der Waals surface area contributed by atoms with E-state index in [1.165, 1.54) is 23.1 Å². The quantitative estimate of drug-likeness (QED) is 0.644. The third-order valence-electron chi connectivity index (χ3n) is 6.36. The van der Waals surface area contributed by atoms with E-state index in [2.05, 4.69) is 4.98 Å². The van der Waals surface area contributed by atoms with Gasteiger partial charge in [0.25, 0.3) is 0 Å². The van der Waals surface area contributed by atoms with Crippen LogP contribution in [0, 0.1) is 17.5 Å². The molecule has 8 nitrogen and oxygen atoms in total. The number of aromatic nitrogens is 1. The molecule has 3 aliphatic rings. The van der Waals surface area contributed by atoms with E-state index in [9.17, 15) is 18.7 Å². The van der Waals surface area contributed by atoms with Crippen molar-refractivity contribution in [2.24, 2.45) is 5.73 Å². The number of hydrogen-bond acceptors (Lipinski definition) is 7. The van der Waals surface area contributed by atoms with Gasteiger partial charge in [-0.05, 0) is 24.3 Å². The van der Waals surface area contributed by atoms with Crippen LogP contribution in [-0.4, -0.2) is 60.7 Å². The second-order valence-electron chi connectivity index (χ2n) is 8.55. The lowest BCUT2D eigenvalue weighted by atomic mass is 10.0. The van der Waals surface area contributed by atoms with Crippen molar-refractivity contribution in [1.29, 1.82) is 0 Å². The minimum Gasteiger partial charge on any atom is -0.478 e. The van der Waals surface area contributed by atoms with Gasteiger partial charge in [0, 0.05) is 44.1 Å². The molecule has 188 valence electrons. The molecular weight excluding hydrogens is 489 g/mol. The van der Waals surface area contributed by atoms with E-state index in [1.54, 1.807) is 4.90 Å². The second kappa shape index (κ2) is 9.65. The zero-order valence-corrected chi connectivity index (χ0v) is 19.4. The Hall–Kier alpha value is -2.86. The summed E-state index contributed by atoms with van der Waals surface area (Å²) in [5.41, 5.74) is 5.73. The van der Waals surface area contributed by atoms with Gasteiger partial charge in [-0.3, -0.25) is 0 Å². The third kappa shape index (κ3) is 4.68. The number of piperidine rings is 1. The predicted molar refractivity (Wildman–Crippen MR) is 124 cm³/mol. The van der Waals surface area contributed by atoms with Gasteiger partial charge in [0.15, 0.2) is 17.4 Å². The molecule has 2 aromatic rings. The number of aliphatic carboxylic acids is 1. The minimum atomic E-state index is -1.23. The highest BCUT2D eigenvalue weighted by molar-refractivity contribution is 5.97. The predicted octanol–water partition coefficient (Wildman–Crippen LogP) is 3.21. The summed E-state index contributed by atoms with van der Waals surface area (Å²) in [4.78, 5) is 19.2. The van der Waals surface area contributed by atoms with E-state index >= 15 is 4.39 Å². The molecule has 0 bridgehead atoms. The average molecular weight is 513 g/mol. The van der Waals surface area contributed by atoms with Gasteiger partial charge in [0.2, 0.25) is 0 Å². The van der Waals surface area contributed by atoms with Crippen molar-refractivity contribution in [2.75, 3.05) is 42.6 Å². The summed E-state index contributed by atoms with van der Waals surface area (Å²) in [5, 5.41) is 9.50. The van der Waals surface area contributed by atoms with Gasteiger partial charge in [-0.25, -0.2) is 22.9 Å². The molecule has 1 aromatic carbocycles. The lowest BCUT2D eigenvalue weighted by Crippen LogP contribution is -2.46. The first-order chi connectivity index (χ1) is 16.3. The maximum atomic E-state index is 15.1. The summed E-state index contributed by atoms with van der Waals surface area (Å²) in [6.07, 6.45) is 2.12. The number of carbonyl (C=O) groups is 1. The smallest absolute Gasteiger partial charge is 0.333 e. The number of halogens is 4. The summed E-state index contributed by atoms with van der Waals surface area (Å²) in [7, 11) is 0. The van der Waals surface area contributed by atoms with Crippen molar-refractivity contribution < 1.29 is 32.5 Å². The fraction of sp³-hybridized carbons (Fsp3) is 0.391. The van der Waals surface area contributed by atoms with Crippen molar-refractivity contribution in [3.8, 4) is 0 Å². The van der Waals surface area contributed by atoms with Crippen molar-refractivity contribution >= 4 is 41.8 Å². The Morgan fingerprint density at radius 2 is 1.91 bits per heavy atom. The van der Waals surface area contributed by atoms with E-state index in [0.29, 0.717) is 45.1 Å². The Bertz CT molecular complexity index is 1170. The van der Waals surface area contributed by atoms with Crippen molar-refractivity contribution in [3.05, 3.63) is 52.9 Å². The van der Waals surface area contributed by atoms with Gasteiger partial charge in [-0.2, -0.15) is 0 Å². The highest BCUT2D eigenvalue weighted by Crippen LogP contribution is 2.39. The first-order valence-corrected chi connectivity index (χ1v) is 10.9. The van der Waals surface area contributed by atoms with Gasteiger partial charge in [0.05, 0.1) is 30.5 Å². The molecule has 3 aliphatic heterocycles. The minimum absolute atomic E-state index is 0. The lowest BCUT2D eigenvalue weighted by Gasteiger charge is -2.39. The van der Waals surface area contributed by atoms with Crippen LogP contribution >= 0.6 is 12.4 Å². The molecule has 4 heterocycles. The third-order valence-corrected chi connectivity index (χ3v) is 6.36. The Morgan fingerprint density at radius 1 is 1.17 bits per heavy atom. The molecule has 12 heteroatoms. The fourth-order valence-electron chi connectivity index (χ4n) is 4.59. The van der Waals surface area contributed by atoms with E-state index in [-0.39, 0.29) is 53.5 Å². The van der Waals surface area contributed by atoms with Crippen LogP contribution in [0.25, 0.3) is 6.08 Å². The Balaban J connectivity index is 0.00000289. The Labute approximate surface area is 205 Å². The number of benzene rings is 1. The van der Waals surface area contributed by atoms with Gasteiger partial charge in [-0.1, -0.05) is 0 Å². The number of nitrogens with two attached hydrogens (primary N) is 1. The number of carboxylic acids is 1. The Kier molecular flexibility index (Phi) is 6.96. The molecule has 3 N–H and O–H groups in total. The maximum Gasteiger partial charge on any atom is 0.333 e. The standard InChI is InChI=1S/C23H23F3N4O4.ClH/c24-15-1-2-19(17(25)9-15)30-11-14(22(31)32)7-13-8-18(26)21(28-20(13)30)29-5-3-23(4-6-29)33-12-16(10-27)34-23;/h1-2,7-9,16H,3-6,10-12,27H2,(H,31,32);1H. The molecule has 1 aromatic heterocycles. The van der Waals surface area contributed by atoms with Gasteiger partial charge in [0.1, 0.15) is 17.5 Å². The number of rotatable bonds is 4. The number of carboxylic acid groups (broad SMARTS) is 1. The number of pyridine rings is 1. The van der Waals surface area contributed by atoms with Crippen LogP contribution in [0.15, 0.2) is 29.8 Å². The van der Waals surface area contributed by atoms with E-state index in [0.717, 1.165) is 6.07 Å². The molecular formula is C23H24ClF3N4O4. The number of nitrogens with zero attached hydrogens (tertiary/aromatic N) is 3. The molecule has 0 amide bonds. The van der Waals surface area contributed by atoms with Gasteiger partial charge in [-0.15, -0.1) is 12.4 Å². The zero-order valence-electron chi connectivity index (χ0n) is 18.5. The lowest BCUT2D eigenvalue weighted by molar-refractivity contribution is -0.179. The molecule has 0 aliphatic carbocycles. The van der Waals surface area contributed by atoms with E-state index in [4.69, 9.17) is 15.2 Å². The largest absolute Gasteiger partial charge is 0.478 e. The highest BCUT2D eigenvalue weighted by atomic mass is 35.5. The van der Waals surface area contributed by atoms with Gasteiger partial charge < -0.3 is 30.1 Å². The molecule has 0 radical (unpaired) electrons. The van der Waals surface area contributed by atoms with Crippen LogP contribution in [0.5, 0.6) is 0 Å². The summed E-state index contributed by atoms with van der Waals surface area (Å²) in [5.74, 6) is -4.01. The normalized spacial score (nSPS) is 20.9. The van der Waals surface area contributed by atoms with Crippen molar-refractivity contribution in [2.45, 2.75) is 24.7 Å². The number of anilines is 3. The highest BCUT2D eigenvalue weighted by Gasteiger charge is 2.44. The maximum absolute atomic E-state index is 15.1. The fourth-order valence-corrected chi connectivity index (χ4v) is 4.59. The molecule has 2 saturated heterocycles. The Morgan fingerprint density at radius 3 is 2.54 bits per heavy atom. The molecule has 0 saturated carbocycles. The van der Waals surface area contributed by atoms with Crippen molar-refractivity contribution in [3.63, 3.8) is 0 Å². The molecule has 1 spiro atoms. The molecule has 1 atom stereocenters. The molecule has 2 fully saturated rings.